The normalized spacial score (nSPS) is 12.9. The largest absolute Gasteiger partial charge is 0.444 e. The van der Waals surface area contributed by atoms with Gasteiger partial charge in [-0.25, -0.2) is 4.79 Å². The van der Waals surface area contributed by atoms with Crippen LogP contribution in [0.4, 0.5) is 4.79 Å². The lowest BCUT2D eigenvalue weighted by Crippen LogP contribution is -2.58. The first kappa shape index (κ1) is 39.3. The first-order valence-corrected chi connectivity index (χ1v) is 16.6. The lowest BCUT2D eigenvalue weighted by Gasteiger charge is -2.35. The molecule has 0 bridgehead atoms. The molecule has 0 heterocycles. The number of hydrazine groups is 1. The molecular formula is C39H51N5O6. The number of ether oxygens (including phenoxy) is 1. The Labute approximate surface area is 295 Å². The van der Waals surface area contributed by atoms with Gasteiger partial charge in [0.1, 0.15) is 17.7 Å². The van der Waals surface area contributed by atoms with Gasteiger partial charge in [0.25, 0.3) is 5.91 Å². The summed E-state index contributed by atoms with van der Waals surface area (Å²) >= 11 is 0. The third-order valence-electron chi connectivity index (χ3n) is 8.10. The van der Waals surface area contributed by atoms with Crippen LogP contribution in [-0.4, -0.2) is 88.9 Å². The molecule has 0 spiro atoms. The van der Waals surface area contributed by atoms with Gasteiger partial charge in [0.2, 0.25) is 17.7 Å². The smallest absolute Gasteiger partial charge is 0.408 e. The van der Waals surface area contributed by atoms with Crippen molar-refractivity contribution in [1.82, 2.24) is 25.6 Å². The molecule has 0 aliphatic rings. The second kappa shape index (κ2) is 17.0. The molecule has 0 aliphatic carbocycles. The molecule has 0 fully saturated rings. The van der Waals surface area contributed by atoms with Gasteiger partial charge in [-0.15, -0.1) is 0 Å². The first-order valence-electron chi connectivity index (χ1n) is 16.6. The third-order valence-corrected chi connectivity index (χ3v) is 8.10. The maximum absolute atomic E-state index is 14.5. The van der Waals surface area contributed by atoms with Crippen molar-refractivity contribution in [3.63, 3.8) is 0 Å². The average molecular weight is 686 g/mol. The van der Waals surface area contributed by atoms with Gasteiger partial charge in [0.15, 0.2) is 0 Å². The predicted octanol–water partition coefficient (Wildman–Crippen LogP) is 5.04. The number of nitrogens with one attached hydrogen (secondary N) is 2. The van der Waals surface area contributed by atoms with Gasteiger partial charge in [-0.05, 0) is 69.0 Å². The molecule has 0 radical (unpaired) electrons. The van der Waals surface area contributed by atoms with Gasteiger partial charge in [0.05, 0.1) is 0 Å². The highest BCUT2D eigenvalue weighted by Crippen LogP contribution is 2.21. The summed E-state index contributed by atoms with van der Waals surface area (Å²) in [6.45, 7) is 10.3. The van der Waals surface area contributed by atoms with E-state index in [0.29, 0.717) is 6.42 Å². The van der Waals surface area contributed by atoms with E-state index in [1.807, 2.05) is 86.6 Å². The van der Waals surface area contributed by atoms with Crippen LogP contribution in [0.1, 0.15) is 59.1 Å². The predicted molar refractivity (Wildman–Crippen MR) is 195 cm³/mol. The number of alkyl carbamates (subject to hydrolysis) is 1. The maximum Gasteiger partial charge on any atom is 0.408 e. The van der Waals surface area contributed by atoms with Gasteiger partial charge in [0, 0.05) is 46.4 Å². The topological polar surface area (TPSA) is 128 Å². The molecule has 268 valence electrons. The number of hydrogen-bond donors (Lipinski definition) is 2. The van der Waals surface area contributed by atoms with Crippen LogP contribution in [-0.2, 0) is 36.8 Å². The van der Waals surface area contributed by atoms with Crippen molar-refractivity contribution < 1.29 is 28.7 Å². The number of nitrogens with zero attached hydrogens (tertiary/aromatic N) is 3. The van der Waals surface area contributed by atoms with Crippen LogP contribution in [0.5, 0.6) is 0 Å². The molecule has 11 heteroatoms. The van der Waals surface area contributed by atoms with E-state index >= 15 is 0 Å². The van der Waals surface area contributed by atoms with Crippen LogP contribution in [0.3, 0.4) is 0 Å². The lowest BCUT2D eigenvalue weighted by atomic mass is 9.98. The molecule has 50 heavy (non-hydrogen) atoms. The fraction of sp³-hybridized carbons (Fsp3) is 0.410. The summed E-state index contributed by atoms with van der Waals surface area (Å²) in [6.07, 6.45) is 3.16. The van der Waals surface area contributed by atoms with Crippen molar-refractivity contribution in [1.29, 1.82) is 0 Å². The third kappa shape index (κ3) is 11.7. The van der Waals surface area contributed by atoms with E-state index in [1.165, 1.54) is 29.8 Å². The van der Waals surface area contributed by atoms with Gasteiger partial charge < -0.3 is 19.9 Å². The number of carbonyl (C=O) groups is 5. The zero-order chi connectivity index (χ0) is 37.2. The summed E-state index contributed by atoms with van der Waals surface area (Å²) in [4.78, 5) is 68.8. The highest BCUT2D eigenvalue weighted by molar-refractivity contribution is 5.95. The molecule has 0 saturated carbocycles. The van der Waals surface area contributed by atoms with E-state index in [-0.39, 0.29) is 12.8 Å². The molecule has 0 saturated heterocycles. The molecule has 0 unspecified atom stereocenters. The summed E-state index contributed by atoms with van der Waals surface area (Å²) < 4.78 is 5.37. The SMILES string of the molecule is CC(=O)NN(C)C(=O)[C@@H](Cc1ccccc1)N(C)C(=O)[C@@H](Cc1ccc2ccccc2c1)N(C)C(=O)/C=C/CC(C)(C)NC(=O)OC(C)(C)C. The van der Waals surface area contributed by atoms with E-state index in [9.17, 15) is 24.0 Å². The van der Waals surface area contributed by atoms with Gasteiger partial charge >= 0.3 is 6.09 Å². The molecule has 2 atom stereocenters. The highest BCUT2D eigenvalue weighted by atomic mass is 16.6. The van der Waals surface area contributed by atoms with Crippen molar-refractivity contribution in [2.24, 2.45) is 0 Å². The number of hydrogen-bond acceptors (Lipinski definition) is 6. The number of fused-ring (bicyclic) bond motifs is 1. The molecule has 5 amide bonds. The number of carbonyl (C=O) groups excluding carboxylic acids is 5. The Morgan fingerprint density at radius 1 is 0.740 bits per heavy atom. The molecule has 3 aromatic carbocycles. The minimum absolute atomic E-state index is 0.184. The standard InChI is InChI=1S/C39H51N5O6/c1-27(45)41-44(9)36(48)33(25-28-16-11-10-12-17-28)43(8)35(47)32(26-29-21-22-30-18-13-14-19-31(30)24-29)42(7)34(46)20-15-23-39(5,6)40-37(49)50-38(2,3)4/h10-22,24,32-33H,23,25-26H2,1-9H3,(H,40,49)(H,41,45)/b20-15+/t32-,33-/m1/s1. The van der Waals surface area contributed by atoms with E-state index in [2.05, 4.69) is 10.7 Å². The van der Waals surface area contributed by atoms with E-state index in [0.717, 1.165) is 26.9 Å². The van der Waals surface area contributed by atoms with Crippen LogP contribution in [0.25, 0.3) is 10.8 Å². The summed E-state index contributed by atoms with van der Waals surface area (Å²) in [6, 6.07) is 21.1. The molecule has 11 nitrogen and oxygen atoms in total. The van der Waals surface area contributed by atoms with Crippen molar-refractivity contribution in [2.75, 3.05) is 21.1 Å². The average Bonchev–Trinajstić information content (AvgIpc) is 3.03. The number of benzene rings is 3. The molecule has 3 aromatic rings. The Kier molecular flexibility index (Phi) is 13.3. The van der Waals surface area contributed by atoms with Crippen molar-refractivity contribution in [2.45, 2.75) is 84.0 Å². The molecule has 0 aliphatic heterocycles. The summed E-state index contributed by atoms with van der Waals surface area (Å²) in [7, 11) is 4.54. The van der Waals surface area contributed by atoms with E-state index in [1.54, 1.807) is 40.9 Å². The zero-order valence-electron chi connectivity index (χ0n) is 30.7. The second-order valence-electron chi connectivity index (χ2n) is 14.2. The van der Waals surface area contributed by atoms with Gasteiger partial charge in [-0.3, -0.25) is 29.6 Å². The summed E-state index contributed by atoms with van der Waals surface area (Å²) in [5, 5.41) is 5.94. The quantitative estimate of drug-likeness (QED) is 0.203. The Hall–Kier alpha value is -5.19. The van der Waals surface area contributed by atoms with Crippen LogP contribution in [0.15, 0.2) is 84.9 Å². The monoisotopic (exact) mass is 685 g/mol. The highest BCUT2D eigenvalue weighted by Gasteiger charge is 2.36. The second-order valence-corrected chi connectivity index (χ2v) is 14.2. The van der Waals surface area contributed by atoms with Crippen LogP contribution in [0.2, 0.25) is 0 Å². The zero-order valence-corrected chi connectivity index (χ0v) is 30.7. The number of amides is 5. The van der Waals surface area contributed by atoms with Crippen molar-refractivity contribution in [3.8, 4) is 0 Å². The Bertz CT molecular complexity index is 1700. The number of rotatable bonds is 12. The van der Waals surface area contributed by atoms with Gasteiger partial charge in [-0.2, -0.15) is 0 Å². The molecule has 2 N–H and O–H groups in total. The van der Waals surface area contributed by atoms with Crippen molar-refractivity contribution >= 4 is 40.5 Å². The van der Waals surface area contributed by atoms with Gasteiger partial charge in [-0.1, -0.05) is 78.9 Å². The maximum atomic E-state index is 14.5. The Morgan fingerprint density at radius 2 is 1.32 bits per heavy atom. The van der Waals surface area contributed by atoms with Crippen LogP contribution in [0, 0.1) is 0 Å². The fourth-order valence-corrected chi connectivity index (χ4v) is 5.47. The Morgan fingerprint density at radius 3 is 1.94 bits per heavy atom. The molecule has 3 rings (SSSR count). The molecule has 0 aromatic heterocycles. The Balaban J connectivity index is 1.93. The summed E-state index contributed by atoms with van der Waals surface area (Å²) in [5.41, 5.74) is 2.77. The van der Waals surface area contributed by atoms with Crippen LogP contribution >= 0.6 is 0 Å². The minimum Gasteiger partial charge on any atom is -0.444 e. The fourth-order valence-electron chi connectivity index (χ4n) is 5.47. The summed E-state index contributed by atoms with van der Waals surface area (Å²) in [5.74, 6) is -1.78. The van der Waals surface area contributed by atoms with E-state index in [4.69, 9.17) is 4.74 Å². The first-order chi connectivity index (χ1) is 23.4. The van der Waals surface area contributed by atoms with E-state index < -0.39 is 52.9 Å². The lowest BCUT2D eigenvalue weighted by molar-refractivity contribution is -0.151. The van der Waals surface area contributed by atoms with Crippen LogP contribution < -0.4 is 10.7 Å². The minimum atomic E-state index is -0.986. The number of likely N-dealkylation sites (N-methyl/N-ethyl adjacent to an activating group) is 3. The molecular weight excluding hydrogens is 634 g/mol. The van der Waals surface area contributed by atoms with Crippen molar-refractivity contribution in [3.05, 3.63) is 96.1 Å².